The molecule has 0 aromatic heterocycles. The van der Waals surface area contributed by atoms with Crippen LogP contribution in [0, 0.1) is 0 Å². The smallest absolute Gasteiger partial charge is 0.137 e. The molecule has 0 spiro atoms. The molecule has 0 bridgehead atoms. The third-order valence-corrected chi connectivity index (χ3v) is 2.90. The van der Waals surface area contributed by atoms with Gasteiger partial charge in [0.05, 0.1) is 24.8 Å². The van der Waals surface area contributed by atoms with Crippen molar-refractivity contribution in [2.45, 2.75) is 19.4 Å². The van der Waals surface area contributed by atoms with Crippen LogP contribution in [0.1, 0.15) is 24.9 Å². The molecule has 108 valence electrons. The Morgan fingerprint density at radius 3 is 2.63 bits per heavy atom. The Bertz CT molecular complexity index is 372. The summed E-state index contributed by atoms with van der Waals surface area (Å²) in [5.41, 5.74) is 6.79. The normalized spacial score (nSPS) is 12.4. The fourth-order valence-electron chi connectivity index (χ4n) is 1.50. The molecule has 0 fully saturated rings. The van der Waals surface area contributed by atoms with Crippen LogP contribution < -0.4 is 10.5 Å². The van der Waals surface area contributed by atoms with Gasteiger partial charge in [0.1, 0.15) is 5.75 Å². The number of hydrogen-bond acceptors (Lipinski definition) is 4. The van der Waals surface area contributed by atoms with Gasteiger partial charge in [0, 0.05) is 26.2 Å². The fourth-order valence-corrected chi connectivity index (χ4v) is 1.75. The van der Waals surface area contributed by atoms with Gasteiger partial charge in [-0.2, -0.15) is 0 Å². The van der Waals surface area contributed by atoms with E-state index in [1.165, 1.54) is 0 Å². The van der Waals surface area contributed by atoms with E-state index < -0.39 is 0 Å². The Morgan fingerprint density at radius 2 is 2.00 bits per heavy atom. The van der Waals surface area contributed by atoms with Crippen LogP contribution >= 0.6 is 11.6 Å². The van der Waals surface area contributed by atoms with Gasteiger partial charge in [0.25, 0.3) is 0 Å². The molecule has 1 atom stereocenters. The van der Waals surface area contributed by atoms with E-state index in [2.05, 4.69) is 0 Å². The van der Waals surface area contributed by atoms with E-state index >= 15 is 0 Å². The van der Waals surface area contributed by atoms with Crippen LogP contribution in [0.3, 0.4) is 0 Å². The molecule has 1 aromatic carbocycles. The minimum Gasteiger partial charge on any atom is -0.492 e. The zero-order valence-corrected chi connectivity index (χ0v) is 12.3. The van der Waals surface area contributed by atoms with E-state index in [0.717, 1.165) is 12.0 Å². The first-order valence-electron chi connectivity index (χ1n) is 6.39. The lowest BCUT2D eigenvalue weighted by Crippen LogP contribution is -2.07. The summed E-state index contributed by atoms with van der Waals surface area (Å²) in [5.74, 6) is 0.683. The van der Waals surface area contributed by atoms with E-state index in [9.17, 15) is 0 Å². The maximum atomic E-state index is 6.13. The van der Waals surface area contributed by atoms with E-state index in [-0.39, 0.29) is 6.04 Å². The Balaban J connectivity index is 2.26. The van der Waals surface area contributed by atoms with Gasteiger partial charge in [-0.05, 0) is 24.6 Å². The molecule has 2 N–H and O–H groups in total. The zero-order chi connectivity index (χ0) is 14.1. The van der Waals surface area contributed by atoms with Crippen molar-refractivity contribution in [1.29, 1.82) is 0 Å². The van der Waals surface area contributed by atoms with Crippen molar-refractivity contribution in [3.63, 3.8) is 0 Å². The maximum absolute atomic E-state index is 6.13. The molecule has 0 aliphatic carbocycles. The van der Waals surface area contributed by atoms with Crippen LogP contribution in [0.5, 0.6) is 5.75 Å². The highest BCUT2D eigenvalue weighted by Crippen LogP contribution is 2.27. The van der Waals surface area contributed by atoms with Crippen molar-refractivity contribution >= 4 is 11.6 Å². The molecule has 1 rings (SSSR count). The van der Waals surface area contributed by atoms with Crippen LogP contribution in [0.2, 0.25) is 5.02 Å². The van der Waals surface area contributed by atoms with E-state index in [1.807, 2.05) is 25.1 Å². The molecular formula is C14H22ClNO3. The number of methoxy groups -OCH3 is 1. The molecular weight excluding hydrogens is 266 g/mol. The number of rotatable bonds is 9. The van der Waals surface area contributed by atoms with E-state index in [1.54, 1.807) is 7.11 Å². The van der Waals surface area contributed by atoms with E-state index in [4.69, 9.17) is 31.5 Å². The van der Waals surface area contributed by atoms with Gasteiger partial charge in [-0.15, -0.1) is 0 Å². The van der Waals surface area contributed by atoms with E-state index in [0.29, 0.717) is 37.2 Å². The summed E-state index contributed by atoms with van der Waals surface area (Å²) in [6.45, 7) is 4.37. The van der Waals surface area contributed by atoms with Gasteiger partial charge in [0.15, 0.2) is 0 Å². The van der Waals surface area contributed by atoms with Crippen LogP contribution in [0.4, 0.5) is 0 Å². The highest BCUT2D eigenvalue weighted by atomic mass is 35.5. The lowest BCUT2D eigenvalue weighted by Gasteiger charge is -2.11. The van der Waals surface area contributed by atoms with Crippen molar-refractivity contribution in [1.82, 2.24) is 0 Å². The molecule has 0 heterocycles. The summed E-state index contributed by atoms with van der Waals surface area (Å²) in [6, 6.07) is 5.60. The second-order valence-electron chi connectivity index (χ2n) is 4.29. The standard InChI is InChI=1S/C14H22ClNO3/c1-11(16)12-4-5-14(13(15)10-12)19-7-3-6-18-9-8-17-2/h4-5,10-11H,3,6-9,16H2,1-2H3/t11-/m1/s1. The first-order valence-corrected chi connectivity index (χ1v) is 6.77. The van der Waals surface area contributed by atoms with Gasteiger partial charge in [-0.1, -0.05) is 17.7 Å². The molecule has 5 heteroatoms. The predicted octanol–water partition coefficient (Wildman–Crippen LogP) is 2.79. The summed E-state index contributed by atoms with van der Waals surface area (Å²) in [7, 11) is 1.65. The van der Waals surface area contributed by atoms with Crippen molar-refractivity contribution in [3.8, 4) is 5.75 Å². The molecule has 0 unspecified atom stereocenters. The highest BCUT2D eigenvalue weighted by Gasteiger charge is 2.05. The van der Waals surface area contributed by atoms with Crippen molar-refractivity contribution in [3.05, 3.63) is 28.8 Å². The average Bonchev–Trinajstić information content (AvgIpc) is 2.39. The number of hydrogen-bond donors (Lipinski definition) is 1. The summed E-state index contributed by atoms with van der Waals surface area (Å²) >= 11 is 6.13. The van der Waals surface area contributed by atoms with Crippen LogP contribution in [0.15, 0.2) is 18.2 Å². The third-order valence-electron chi connectivity index (χ3n) is 2.60. The third kappa shape index (κ3) is 6.25. The first kappa shape index (κ1) is 16.2. The minimum absolute atomic E-state index is 0.0271. The lowest BCUT2D eigenvalue weighted by atomic mass is 10.1. The number of nitrogens with two attached hydrogens (primary N) is 1. The molecule has 0 radical (unpaired) electrons. The molecule has 0 amide bonds. The lowest BCUT2D eigenvalue weighted by molar-refractivity contribution is 0.0644. The molecule has 0 aliphatic heterocycles. The summed E-state index contributed by atoms with van der Waals surface area (Å²) < 4.78 is 15.8. The Labute approximate surface area is 119 Å². The number of ether oxygens (including phenoxy) is 3. The van der Waals surface area contributed by atoms with Gasteiger partial charge in [-0.25, -0.2) is 0 Å². The average molecular weight is 288 g/mol. The molecule has 1 aromatic rings. The van der Waals surface area contributed by atoms with Gasteiger partial charge >= 0.3 is 0 Å². The Hall–Kier alpha value is -0.810. The van der Waals surface area contributed by atoms with Gasteiger partial charge in [-0.3, -0.25) is 0 Å². The quantitative estimate of drug-likeness (QED) is 0.710. The Morgan fingerprint density at radius 1 is 1.21 bits per heavy atom. The molecule has 19 heavy (non-hydrogen) atoms. The second kappa shape index (κ2) is 9.15. The van der Waals surface area contributed by atoms with Crippen LogP contribution in [0.25, 0.3) is 0 Å². The fraction of sp³-hybridized carbons (Fsp3) is 0.571. The van der Waals surface area contributed by atoms with Crippen LogP contribution in [-0.2, 0) is 9.47 Å². The number of halogens is 1. The van der Waals surface area contributed by atoms with Gasteiger partial charge in [0.2, 0.25) is 0 Å². The summed E-state index contributed by atoms with van der Waals surface area (Å²) in [6.07, 6.45) is 0.815. The highest BCUT2D eigenvalue weighted by molar-refractivity contribution is 6.32. The molecule has 0 saturated heterocycles. The topological polar surface area (TPSA) is 53.7 Å². The predicted molar refractivity (Wildman–Crippen MR) is 76.9 cm³/mol. The zero-order valence-electron chi connectivity index (χ0n) is 11.5. The van der Waals surface area contributed by atoms with Gasteiger partial charge < -0.3 is 19.9 Å². The number of benzene rings is 1. The Kier molecular flexibility index (Phi) is 7.82. The van der Waals surface area contributed by atoms with Crippen molar-refractivity contribution in [2.75, 3.05) is 33.5 Å². The van der Waals surface area contributed by atoms with Crippen LogP contribution in [-0.4, -0.2) is 33.5 Å². The summed E-state index contributed by atoms with van der Waals surface area (Å²) in [5, 5.41) is 0.593. The summed E-state index contributed by atoms with van der Waals surface area (Å²) in [4.78, 5) is 0. The SMILES string of the molecule is COCCOCCCOc1ccc([C@@H](C)N)cc1Cl. The molecule has 0 aliphatic rings. The first-order chi connectivity index (χ1) is 9.15. The minimum atomic E-state index is -0.0271. The maximum Gasteiger partial charge on any atom is 0.137 e. The molecule has 0 saturated carbocycles. The largest absolute Gasteiger partial charge is 0.492 e. The van der Waals surface area contributed by atoms with Crippen molar-refractivity contribution < 1.29 is 14.2 Å². The molecule has 4 nitrogen and oxygen atoms in total. The monoisotopic (exact) mass is 287 g/mol. The second-order valence-corrected chi connectivity index (χ2v) is 4.69. The van der Waals surface area contributed by atoms with Crippen molar-refractivity contribution in [2.24, 2.45) is 5.73 Å².